The first-order valence-electron chi connectivity index (χ1n) is 7.52. The molecule has 0 saturated carbocycles. The van der Waals surface area contributed by atoms with Crippen molar-refractivity contribution in [3.05, 3.63) is 51.5 Å². The fourth-order valence-corrected chi connectivity index (χ4v) is 4.11. The minimum atomic E-state index is -0.733. The van der Waals surface area contributed by atoms with Gasteiger partial charge in [0, 0.05) is 17.6 Å². The number of hydrogen-bond donors (Lipinski definition) is 1. The van der Waals surface area contributed by atoms with Gasteiger partial charge in [0.15, 0.2) is 0 Å². The lowest BCUT2D eigenvalue weighted by atomic mass is 10.1. The molecule has 1 aliphatic heterocycles. The van der Waals surface area contributed by atoms with Crippen LogP contribution in [0.2, 0.25) is 0 Å². The Morgan fingerprint density at radius 3 is 2.82 bits per heavy atom. The number of aliphatic carboxylic acids is 1. The SMILES string of the molecule is Cc1ccc(C(c2cc(C)cs2)N2CCCC2C(=O)O)nc1. The summed E-state index contributed by atoms with van der Waals surface area (Å²) in [5.41, 5.74) is 3.25. The average Bonchev–Trinajstić information content (AvgIpc) is 3.11. The number of aryl methyl sites for hydroxylation is 2. The Kier molecular flexibility index (Phi) is 4.27. The molecule has 2 aromatic heterocycles. The summed E-state index contributed by atoms with van der Waals surface area (Å²) in [5, 5.41) is 11.6. The summed E-state index contributed by atoms with van der Waals surface area (Å²) in [5.74, 6) is -0.733. The Morgan fingerprint density at radius 2 is 2.23 bits per heavy atom. The summed E-state index contributed by atoms with van der Waals surface area (Å²) in [4.78, 5) is 19.4. The molecule has 1 N–H and O–H groups in total. The molecule has 2 unspecified atom stereocenters. The monoisotopic (exact) mass is 316 g/mol. The van der Waals surface area contributed by atoms with Crippen LogP contribution in [0, 0.1) is 13.8 Å². The first-order chi connectivity index (χ1) is 10.6. The number of pyridine rings is 1. The van der Waals surface area contributed by atoms with Gasteiger partial charge in [-0.3, -0.25) is 14.7 Å². The predicted octanol–water partition coefficient (Wildman–Crippen LogP) is 3.40. The Balaban J connectivity index is 2.03. The van der Waals surface area contributed by atoms with Crippen LogP contribution in [0.3, 0.4) is 0 Å². The van der Waals surface area contributed by atoms with Gasteiger partial charge in [-0.05, 0) is 55.3 Å². The van der Waals surface area contributed by atoms with Crippen LogP contribution in [0.1, 0.15) is 40.6 Å². The summed E-state index contributed by atoms with van der Waals surface area (Å²) >= 11 is 1.68. The quantitative estimate of drug-likeness (QED) is 0.939. The van der Waals surface area contributed by atoms with E-state index in [1.165, 1.54) is 10.4 Å². The molecular weight excluding hydrogens is 296 g/mol. The Hall–Kier alpha value is -1.72. The highest BCUT2D eigenvalue weighted by molar-refractivity contribution is 7.10. The second-order valence-corrected chi connectivity index (χ2v) is 6.87. The van der Waals surface area contributed by atoms with E-state index in [1.807, 2.05) is 25.3 Å². The van der Waals surface area contributed by atoms with Gasteiger partial charge in [-0.1, -0.05) is 6.07 Å². The number of thiophene rings is 1. The number of aromatic nitrogens is 1. The minimum absolute atomic E-state index is 0.0668. The highest BCUT2D eigenvalue weighted by Gasteiger charge is 2.37. The molecule has 0 spiro atoms. The molecule has 22 heavy (non-hydrogen) atoms. The molecule has 3 rings (SSSR count). The molecule has 0 radical (unpaired) electrons. The average molecular weight is 316 g/mol. The standard InChI is InChI=1S/C17H20N2O2S/c1-11-5-6-13(18-9-11)16(15-8-12(2)10-22-15)19-7-3-4-14(19)17(20)21/h5-6,8-10,14,16H,3-4,7H2,1-2H3,(H,20,21). The lowest BCUT2D eigenvalue weighted by Gasteiger charge is -2.30. The summed E-state index contributed by atoms with van der Waals surface area (Å²) in [6, 6.07) is 5.72. The van der Waals surface area contributed by atoms with Crippen molar-refractivity contribution in [3.8, 4) is 0 Å². The maximum Gasteiger partial charge on any atom is 0.320 e. The first-order valence-corrected chi connectivity index (χ1v) is 8.40. The van der Waals surface area contributed by atoms with E-state index in [0.717, 1.165) is 24.2 Å². The third kappa shape index (κ3) is 2.91. The molecule has 2 aromatic rings. The van der Waals surface area contributed by atoms with Crippen LogP contribution in [0.25, 0.3) is 0 Å². The molecule has 0 bridgehead atoms. The summed E-state index contributed by atoms with van der Waals surface area (Å²) in [6.45, 7) is 4.88. The third-order valence-electron chi connectivity index (χ3n) is 4.15. The van der Waals surface area contributed by atoms with Crippen LogP contribution >= 0.6 is 11.3 Å². The van der Waals surface area contributed by atoms with Crippen LogP contribution in [-0.4, -0.2) is 33.5 Å². The van der Waals surface area contributed by atoms with E-state index < -0.39 is 12.0 Å². The maximum absolute atomic E-state index is 11.6. The van der Waals surface area contributed by atoms with E-state index in [4.69, 9.17) is 0 Å². The highest BCUT2D eigenvalue weighted by atomic mass is 32.1. The summed E-state index contributed by atoms with van der Waals surface area (Å²) in [7, 11) is 0. The van der Waals surface area contributed by atoms with Crippen LogP contribution in [0.4, 0.5) is 0 Å². The smallest absolute Gasteiger partial charge is 0.320 e. The van der Waals surface area contributed by atoms with Gasteiger partial charge in [-0.2, -0.15) is 0 Å². The van der Waals surface area contributed by atoms with E-state index in [9.17, 15) is 9.90 Å². The molecule has 3 heterocycles. The van der Waals surface area contributed by atoms with Crippen molar-refractivity contribution in [2.24, 2.45) is 0 Å². The molecule has 116 valence electrons. The number of rotatable bonds is 4. The van der Waals surface area contributed by atoms with Gasteiger partial charge in [0.2, 0.25) is 0 Å². The summed E-state index contributed by atoms with van der Waals surface area (Å²) < 4.78 is 0. The number of carboxylic acid groups (broad SMARTS) is 1. The molecule has 5 heteroatoms. The Bertz CT molecular complexity index is 666. The highest BCUT2D eigenvalue weighted by Crippen LogP contribution is 2.36. The maximum atomic E-state index is 11.6. The zero-order valence-corrected chi connectivity index (χ0v) is 13.6. The number of carboxylic acids is 1. The van der Waals surface area contributed by atoms with E-state index >= 15 is 0 Å². The number of hydrogen-bond acceptors (Lipinski definition) is 4. The van der Waals surface area contributed by atoms with Gasteiger partial charge in [-0.15, -0.1) is 11.3 Å². The third-order valence-corrected chi connectivity index (χ3v) is 5.25. The van der Waals surface area contributed by atoms with Crippen molar-refractivity contribution < 1.29 is 9.90 Å². The molecule has 1 saturated heterocycles. The van der Waals surface area contributed by atoms with E-state index in [1.54, 1.807) is 11.3 Å². The second-order valence-electron chi connectivity index (χ2n) is 5.92. The zero-order valence-electron chi connectivity index (χ0n) is 12.8. The van der Waals surface area contributed by atoms with Gasteiger partial charge in [0.25, 0.3) is 0 Å². The van der Waals surface area contributed by atoms with E-state index in [-0.39, 0.29) is 6.04 Å². The van der Waals surface area contributed by atoms with Gasteiger partial charge < -0.3 is 5.11 Å². The van der Waals surface area contributed by atoms with Crippen LogP contribution < -0.4 is 0 Å². The van der Waals surface area contributed by atoms with Crippen LogP contribution in [0.5, 0.6) is 0 Å². The fraction of sp³-hybridized carbons (Fsp3) is 0.412. The largest absolute Gasteiger partial charge is 0.480 e. The summed E-state index contributed by atoms with van der Waals surface area (Å²) in [6.07, 6.45) is 3.49. The van der Waals surface area contributed by atoms with Crippen LogP contribution in [-0.2, 0) is 4.79 Å². The van der Waals surface area contributed by atoms with Crippen molar-refractivity contribution in [2.45, 2.75) is 38.8 Å². The Morgan fingerprint density at radius 1 is 1.41 bits per heavy atom. The van der Waals surface area contributed by atoms with Crippen molar-refractivity contribution >= 4 is 17.3 Å². The molecule has 1 fully saturated rings. The van der Waals surface area contributed by atoms with Gasteiger partial charge in [0.05, 0.1) is 11.7 Å². The van der Waals surface area contributed by atoms with Gasteiger partial charge in [0.1, 0.15) is 6.04 Å². The van der Waals surface area contributed by atoms with Crippen LogP contribution in [0.15, 0.2) is 29.8 Å². The van der Waals surface area contributed by atoms with E-state index in [0.29, 0.717) is 6.42 Å². The normalized spacial score (nSPS) is 20.2. The molecule has 1 aliphatic rings. The molecule has 2 atom stereocenters. The molecular formula is C17H20N2O2S. The second kappa shape index (κ2) is 6.18. The lowest BCUT2D eigenvalue weighted by molar-refractivity contribution is -0.142. The molecule has 4 nitrogen and oxygen atoms in total. The molecule has 0 amide bonds. The van der Waals surface area contributed by atoms with Crippen molar-refractivity contribution in [2.75, 3.05) is 6.54 Å². The predicted molar refractivity (Wildman–Crippen MR) is 87.2 cm³/mol. The topological polar surface area (TPSA) is 53.4 Å². The number of likely N-dealkylation sites (tertiary alicyclic amines) is 1. The van der Waals surface area contributed by atoms with Crippen molar-refractivity contribution in [3.63, 3.8) is 0 Å². The zero-order chi connectivity index (χ0) is 15.7. The lowest BCUT2D eigenvalue weighted by Crippen LogP contribution is -2.39. The first kappa shape index (κ1) is 15.2. The number of carbonyl (C=O) groups is 1. The minimum Gasteiger partial charge on any atom is -0.480 e. The number of nitrogens with zero attached hydrogens (tertiary/aromatic N) is 2. The van der Waals surface area contributed by atoms with Gasteiger partial charge >= 0.3 is 5.97 Å². The van der Waals surface area contributed by atoms with Gasteiger partial charge in [-0.25, -0.2) is 0 Å². The van der Waals surface area contributed by atoms with E-state index in [2.05, 4.69) is 28.3 Å². The molecule has 0 aromatic carbocycles. The molecule has 0 aliphatic carbocycles. The van der Waals surface area contributed by atoms with Crippen molar-refractivity contribution in [1.82, 2.24) is 9.88 Å². The Labute approximate surface area is 134 Å². The fourth-order valence-electron chi connectivity index (χ4n) is 3.08. The van der Waals surface area contributed by atoms with Crippen molar-refractivity contribution in [1.29, 1.82) is 0 Å².